The molecule has 0 aliphatic carbocycles. The van der Waals surface area contributed by atoms with Gasteiger partial charge in [0.25, 0.3) is 0 Å². The fraction of sp³-hybridized carbons (Fsp3) is 0.462. The maximum atomic E-state index is 4.08. The van der Waals surface area contributed by atoms with Crippen molar-refractivity contribution in [2.75, 3.05) is 13.1 Å². The van der Waals surface area contributed by atoms with Gasteiger partial charge < -0.3 is 5.32 Å². The summed E-state index contributed by atoms with van der Waals surface area (Å²) in [6, 6.07) is 3.96. The SMILES string of the molecule is C1CCNCC1.C=Cc1ccc(C)nc1. The van der Waals surface area contributed by atoms with E-state index in [1.54, 1.807) is 6.08 Å². The number of rotatable bonds is 1. The number of aryl methyl sites for hydroxylation is 1. The van der Waals surface area contributed by atoms with Crippen molar-refractivity contribution in [2.45, 2.75) is 26.2 Å². The molecule has 2 nitrogen and oxygen atoms in total. The lowest BCUT2D eigenvalue weighted by molar-refractivity contribution is 0.520. The lowest BCUT2D eigenvalue weighted by atomic mass is 10.2. The molecule has 1 saturated heterocycles. The molecule has 1 aliphatic heterocycles. The third-order valence-electron chi connectivity index (χ3n) is 2.38. The van der Waals surface area contributed by atoms with Crippen LogP contribution < -0.4 is 5.32 Å². The molecule has 15 heavy (non-hydrogen) atoms. The smallest absolute Gasteiger partial charge is 0.0373 e. The van der Waals surface area contributed by atoms with Gasteiger partial charge in [0.2, 0.25) is 0 Å². The highest BCUT2D eigenvalue weighted by Crippen LogP contribution is 1.99. The lowest BCUT2D eigenvalue weighted by Crippen LogP contribution is -2.21. The number of pyridine rings is 1. The Labute approximate surface area is 92.4 Å². The van der Waals surface area contributed by atoms with Crippen LogP contribution in [-0.4, -0.2) is 18.1 Å². The Morgan fingerprint density at radius 2 is 2.00 bits per heavy atom. The highest BCUT2D eigenvalue weighted by atomic mass is 14.9. The molecule has 2 rings (SSSR count). The van der Waals surface area contributed by atoms with Crippen molar-refractivity contribution in [2.24, 2.45) is 0 Å². The predicted octanol–water partition coefficient (Wildman–Crippen LogP) is 2.79. The van der Waals surface area contributed by atoms with E-state index in [2.05, 4.69) is 16.9 Å². The van der Waals surface area contributed by atoms with Crippen LogP contribution in [0.25, 0.3) is 6.08 Å². The minimum Gasteiger partial charge on any atom is -0.317 e. The van der Waals surface area contributed by atoms with Gasteiger partial charge >= 0.3 is 0 Å². The van der Waals surface area contributed by atoms with Crippen molar-refractivity contribution < 1.29 is 0 Å². The standard InChI is InChI=1S/C8H9N.C5H11N/c1-3-8-5-4-7(2)9-6-8;1-2-4-6-5-3-1/h3-6H,1H2,2H3;6H,1-5H2. The van der Waals surface area contributed by atoms with E-state index < -0.39 is 0 Å². The predicted molar refractivity (Wildman–Crippen MR) is 65.8 cm³/mol. The summed E-state index contributed by atoms with van der Waals surface area (Å²) in [5.41, 5.74) is 2.11. The number of piperidine rings is 1. The normalized spacial score (nSPS) is 15.0. The van der Waals surface area contributed by atoms with Crippen molar-refractivity contribution in [3.05, 3.63) is 36.2 Å². The molecule has 82 valence electrons. The quantitative estimate of drug-likeness (QED) is 0.761. The Kier molecular flexibility index (Phi) is 5.71. The molecule has 0 aromatic carbocycles. The molecular weight excluding hydrogens is 184 g/mol. The van der Waals surface area contributed by atoms with Crippen LogP contribution in [0.3, 0.4) is 0 Å². The van der Waals surface area contributed by atoms with Gasteiger partial charge in [0.15, 0.2) is 0 Å². The maximum absolute atomic E-state index is 4.08. The molecule has 2 heteroatoms. The van der Waals surface area contributed by atoms with Crippen molar-refractivity contribution in [3.63, 3.8) is 0 Å². The van der Waals surface area contributed by atoms with E-state index in [0.717, 1.165) is 11.3 Å². The summed E-state index contributed by atoms with van der Waals surface area (Å²) in [6.07, 6.45) is 7.81. The average Bonchev–Trinajstić information content (AvgIpc) is 2.33. The highest BCUT2D eigenvalue weighted by Gasteiger charge is 1.93. The van der Waals surface area contributed by atoms with Crippen molar-refractivity contribution in [3.8, 4) is 0 Å². The summed E-state index contributed by atoms with van der Waals surface area (Å²) in [6.45, 7) is 8.09. The molecule has 1 aromatic rings. The van der Waals surface area contributed by atoms with Crippen LogP contribution in [0.5, 0.6) is 0 Å². The zero-order chi connectivity index (χ0) is 10.9. The number of nitrogens with one attached hydrogen (secondary N) is 1. The first kappa shape index (κ1) is 11.9. The Balaban J connectivity index is 0.000000162. The van der Waals surface area contributed by atoms with E-state index in [4.69, 9.17) is 0 Å². The number of hydrogen-bond acceptors (Lipinski definition) is 2. The van der Waals surface area contributed by atoms with Gasteiger partial charge in [-0.2, -0.15) is 0 Å². The maximum Gasteiger partial charge on any atom is 0.0373 e. The average molecular weight is 204 g/mol. The van der Waals surface area contributed by atoms with Crippen molar-refractivity contribution >= 4 is 6.08 Å². The Hall–Kier alpha value is -1.15. The number of hydrogen-bond donors (Lipinski definition) is 1. The van der Waals surface area contributed by atoms with E-state index in [1.165, 1.54) is 32.4 Å². The molecule has 0 radical (unpaired) electrons. The largest absolute Gasteiger partial charge is 0.317 e. The van der Waals surface area contributed by atoms with Gasteiger partial charge in [-0.25, -0.2) is 0 Å². The molecule has 0 bridgehead atoms. The van der Waals surface area contributed by atoms with Crippen LogP contribution in [0.15, 0.2) is 24.9 Å². The molecule has 0 saturated carbocycles. The first-order valence-electron chi connectivity index (χ1n) is 5.59. The van der Waals surface area contributed by atoms with Gasteiger partial charge in [-0.1, -0.05) is 25.1 Å². The first-order chi connectivity index (χ1) is 7.33. The van der Waals surface area contributed by atoms with Crippen LogP contribution in [0.2, 0.25) is 0 Å². The molecule has 0 atom stereocenters. The van der Waals surface area contributed by atoms with Crippen LogP contribution >= 0.6 is 0 Å². The van der Waals surface area contributed by atoms with Gasteiger partial charge in [-0.3, -0.25) is 4.98 Å². The van der Waals surface area contributed by atoms with E-state index in [0.29, 0.717) is 0 Å². The fourth-order valence-electron chi connectivity index (χ4n) is 1.40. The summed E-state index contributed by atoms with van der Waals surface area (Å²) >= 11 is 0. The molecule has 0 spiro atoms. The van der Waals surface area contributed by atoms with E-state index in [9.17, 15) is 0 Å². The molecule has 1 N–H and O–H groups in total. The Morgan fingerprint density at radius 1 is 1.27 bits per heavy atom. The summed E-state index contributed by atoms with van der Waals surface area (Å²) in [4.78, 5) is 4.08. The first-order valence-corrected chi connectivity index (χ1v) is 5.59. The topological polar surface area (TPSA) is 24.9 Å². The summed E-state index contributed by atoms with van der Waals surface area (Å²) in [7, 11) is 0. The minimum atomic E-state index is 1.04. The van der Waals surface area contributed by atoms with Crippen molar-refractivity contribution in [1.29, 1.82) is 0 Å². The third-order valence-corrected chi connectivity index (χ3v) is 2.38. The number of aromatic nitrogens is 1. The Morgan fingerprint density at radius 3 is 2.33 bits per heavy atom. The molecule has 0 unspecified atom stereocenters. The summed E-state index contributed by atoms with van der Waals surface area (Å²) < 4.78 is 0. The second kappa shape index (κ2) is 7.18. The van der Waals surface area contributed by atoms with Gasteiger partial charge in [-0.05, 0) is 44.5 Å². The highest BCUT2D eigenvalue weighted by molar-refractivity contribution is 5.44. The van der Waals surface area contributed by atoms with Crippen LogP contribution in [-0.2, 0) is 0 Å². The van der Waals surface area contributed by atoms with Crippen LogP contribution in [0.4, 0.5) is 0 Å². The molecular formula is C13H20N2. The Bertz CT molecular complexity index is 262. The molecule has 1 aliphatic rings. The summed E-state index contributed by atoms with van der Waals surface area (Å²) in [5.74, 6) is 0. The molecule has 2 heterocycles. The van der Waals surface area contributed by atoms with E-state index in [1.807, 2.05) is 25.3 Å². The fourth-order valence-corrected chi connectivity index (χ4v) is 1.40. The van der Waals surface area contributed by atoms with E-state index >= 15 is 0 Å². The zero-order valence-corrected chi connectivity index (χ0v) is 9.50. The van der Waals surface area contributed by atoms with Crippen LogP contribution in [0.1, 0.15) is 30.5 Å². The minimum absolute atomic E-state index is 1.04. The van der Waals surface area contributed by atoms with Gasteiger partial charge in [-0.15, -0.1) is 0 Å². The van der Waals surface area contributed by atoms with Gasteiger partial charge in [0.1, 0.15) is 0 Å². The molecule has 1 aromatic heterocycles. The lowest BCUT2D eigenvalue weighted by Gasteiger charge is -2.08. The van der Waals surface area contributed by atoms with Gasteiger partial charge in [0.05, 0.1) is 0 Å². The van der Waals surface area contributed by atoms with Crippen LogP contribution in [0, 0.1) is 6.92 Å². The number of nitrogens with zero attached hydrogens (tertiary/aromatic N) is 1. The summed E-state index contributed by atoms with van der Waals surface area (Å²) in [5, 5.41) is 3.28. The van der Waals surface area contributed by atoms with Gasteiger partial charge in [0, 0.05) is 11.9 Å². The van der Waals surface area contributed by atoms with E-state index in [-0.39, 0.29) is 0 Å². The monoisotopic (exact) mass is 204 g/mol. The second-order valence-corrected chi connectivity index (χ2v) is 3.75. The molecule has 0 amide bonds. The second-order valence-electron chi connectivity index (χ2n) is 3.75. The molecule has 1 fully saturated rings. The third kappa shape index (κ3) is 5.33. The van der Waals surface area contributed by atoms with Crippen molar-refractivity contribution in [1.82, 2.24) is 10.3 Å². The zero-order valence-electron chi connectivity index (χ0n) is 9.50.